The van der Waals surface area contributed by atoms with Crippen LogP contribution >= 0.6 is 27.3 Å². The maximum atomic E-state index is 12.5. The largest absolute Gasteiger partial charge is 0.315 e. The number of carbonyl (C=O) groups excluding carboxylic acids is 2. The minimum Gasteiger partial charge on any atom is -0.315 e. The third-order valence-corrected chi connectivity index (χ3v) is 5.35. The van der Waals surface area contributed by atoms with Crippen LogP contribution in [0.4, 0.5) is 5.69 Å². The van der Waals surface area contributed by atoms with E-state index < -0.39 is 0 Å². The Bertz CT molecular complexity index is 708. The first kappa shape index (κ1) is 13.5. The number of nitrogens with zero attached hydrogens (tertiary/aromatic N) is 1. The van der Waals surface area contributed by atoms with Gasteiger partial charge in [0.25, 0.3) is 0 Å². The van der Waals surface area contributed by atoms with Gasteiger partial charge in [0.15, 0.2) is 0 Å². The second-order valence-electron chi connectivity index (χ2n) is 4.72. The standard InChI is InChI=1S/C15H12BrNO2S/c1-17-12-4-2-10(8-9(12)3-5-13(17)18)14(19)15-11(16)6-7-20-15/h2,4,6-8H,3,5H2,1H3. The van der Waals surface area contributed by atoms with Crippen molar-refractivity contribution in [2.75, 3.05) is 11.9 Å². The summed E-state index contributed by atoms with van der Waals surface area (Å²) in [7, 11) is 1.78. The van der Waals surface area contributed by atoms with E-state index in [0.717, 1.165) is 15.7 Å². The zero-order valence-electron chi connectivity index (χ0n) is 10.9. The third kappa shape index (κ3) is 2.21. The summed E-state index contributed by atoms with van der Waals surface area (Å²) in [5, 5.41) is 1.89. The maximum Gasteiger partial charge on any atom is 0.227 e. The van der Waals surface area contributed by atoms with Crippen molar-refractivity contribution in [3.8, 4) is 0 Å². The molecule has 0 atom stereocenters. The number of thiophene rings is 1. The summed E-state index contributed by atoms with van der Waals surface area (Å²) in [4.78, 5) is 26.5. The number of rotatable bonds is 2. The van der Waals surface area contributed by atoms with Crippen LogP contribution in [0.5, 0.6) is 0 Å². The molecule has 0 aliphatic carbocycles. The van der Waals surface area contributed by atoms with Crippen molar-refractivity contribution in [3.63, 3.8) is 0 Å². The molecule has 2 heterocycles. The number of fused-ring (bicyclic) bond motifs is 1. The molecule has 3 nitrogen and oxygen atoms in total. The van der Waals surface area contributed by atoms with Crippen LogP contribution < -0.4 is 4.90 Å². The monoisotopic (exact) mass is 349 g/mol. The van der Waals surface area contributed by atoms with Crippen molar-refractivity contribution in [3.05, 3.63) is 50.1 Å². The number of aryl methyl sites for hydroxylation is 1. The van der Waals surface area contributed by atoms with Crippen LogP contribution in [0.15, 0.2) is 34.1 Å². The predicted octanol–water partition coefficient (Wildman–Crippen LogP) is 3.65. The molecule has 1 aliphatic rings. The molecule has 0 bridgehead atoms. The Morgan fingerprint density at radius 1 is 1.30 bits per heavy atom. The zero-order chi connectivity index (χ0) is 14.3. The number of ketones is 1. The fraction of sp³-hybridized carbons (Fsp3) is 0.200. The van der Waals surface area contributed by atoms with Crippen molar-refractivity contribution in [2.24, 2.45) is 0 Å². The molecule has 0 spiro atoms. The highest BCUT2D eigenvalue weighted by Crippen LogP contribution is 2.30. The Morgan fingerprint density at radius 2 is 2.10 bits per heavy atom. The van der Waals surface area contributed by atoms with Crippen LogP contribution in [0, 0.1) is 0 Å². The number of hydrogen-bond acceptors (Lipinski definition) is 3. The van der Waals surface area contributed by atoms with Gasteiger partial charge in [0.1, 0.15) is 0 Å². The highest BCUT2D eigenvalue weighted by molar-refractivity contribution is 9.10. The molecule has 20 heavy (non-hydrogen) atoms. The van der Waals surface area contributed by atoms with Gasteiger partial charge in [-0.15, -0.1) is 11.3 Å². The normalized spacial score (nSPS) is 14.3. The Morgan fingerprint density at radius 3 is 2.80 bits per heavy atom. The van der Waals surface area contributed by atoms with E-state index in [9.17, 15) is 9.59 Å². The summed E-state index contributed by atoms with van der Waals surface area (Å²) < 4.78 is 0.831. The molecular weight excluding hydrogens is 338 g/mol. The molecule has 0 saturated heterocycles. The van der Waals surface area contributed by atoms with E-state index in [1.165, 1.54) is 11.3 Å². The van der Waals surface area contributed by atoms with E-state index in [0.29, 0.717) is 23.3 Å². The number of hydrogen-bond donors (Lipinski definition) is 0. The van der Waals surface area contributed by atoms with Crippen molar-refractivity contribution in [2.45, 2.75) is 12.8 Å². The van der Waals surface area contributed by atoms with Crippen LogP contribution in [0.3, 0.4) is 0 Å². The van der Waals surface area contributed by atoms with Crippen LogP contribution in [-0.4, -0.2) is 18.7 Å². The fourth-order valence-corrected chi connectivity index (χ4v) is 3.90. The van der Waals surface area contributed by atoms with Crippen LogP contribution in [-0.2, 0) is 11.2 Å². The molecule has 1 aromatic carbocycles. The van der Waals surface area contributed by atoms with Gasteiger partial charge >= 0.3 is 0 Å². The van der Waals surface area contributed by atoms with E-state index in [-0.39, 0.29) is 11.7 Å². The lowest BCUT2D eigenvalue weighted by atomic mass is 9.97. The van der Waals surface area contributed by atoms with Gasteiger partial charge in [-0.25, -0.2) is 0 Å². The van der Waals surface area contributed by atoms with Crippen molar-refractivity contribution >= 4 is 44.6 Å². The molecule has 1 amide bonds. The van der Waals surface area contributed by atoms with Crippen LogP contribution in [0.2, 0.25) is 0 Å². The number of anilines is 1. The lowest BCUT2D eigenvalue weighted by Gasteiger charge is -2.25. The first-order valence-electron chi connectivity index (χ1n) is 6.25. The van der Waals surface area contributed by atoms with Gasteiger partial charge in [-0.2, -0.15) is 0 Å². The van der Waals surface area contributed by atoms with E-state index in [4.69, 9.17) is 0 Å². The summed E-state index contributed by atoms with van der Waals surface area (Å²) in [6.45, 7) is 0. The fourth-order valence-electron chi connectivity index (χ4n) is 2.38. The van der Waals surface area contributed by atoms with Crippen LogP contribution in [0.25, 0.3) is 0 Å². The Hall–Kier alpha value is -1.46. The second kappa shape index (κ2) is 5.14. The van der Waals surface area contributed by atoms with Gasteiger partial charge < -0.3 is 4.90 Å². The summed E-state index contributed by atoms with van der Waals surface area (Å²) in [6.07, 6.45) is 1.20. The molecule has 102 valence electrons. The lowest BCUT2D eigenvalue weighted by Crippen LogP contribution is -2.31. The molecule has 0 saturated carbocycles. The molecule has 5 heteroatoms. The molecular formula is C15H12BrNO2S. The smallest absolute Gasteiger partial charge is 0.227 e. The van der Waals surface area contributed by atoms with Crippen molar-refractivity contribution < 1.29 is 9.59 Å². The predicted molar refractivity (Wildman–Crippen MR) is 83.6 cm³/mol. The molecule has 0 N–H and O–H groups in total. The average Bonchev–Trinajstić information content (AvgIpc) is 2.88. The van der Waals surface area contributed by atoms with E-state index in [2.05, 4.69) is 15.9 Å². The van der Waals surface area contributed by atoms with Crippen LogP contribution in [0.1, 0.15) is 27.2 Å². The first-order valence-corrected chi connectivity index (χ1v) is 7.92. The van der Waals surface area contributed by atoms with E-state index >= 15 is 0 Å². The SMILES string of the molecule is CN1C(=O)CCc2cc(C(=O)c3sccc3Br)ccc21. The summed E-state index contributed by atoms with van der Waals surface area (Å²) >= 11 is 4.82. The number of halogens is 1. The zero-order valence-corrected chi connectivity index (χ0v) is 13.3. The topological polar surface area (TPSA) is 37.4 Å². The molecule has 1 aromatic heterocycles. The number of amides is 1. The first-order chi connectivity index (χ1) is 9.58. The molecule has 0 fully saturated rings. The summed E-state index contributed by atoms with van der Waals surface area (Å²) in [5.74, 6) is 0.145. The van der Waals surface area contributed by atoms with E-state index in [1.54, 1.807) is 18.0 Å². The molecule has 2 aromatic rings. The minimum atomic E-state index is 0.0224. The quantitative estimate of drug-likeness (QED) is 0.776. The van der Waals surface area contributed by atoms with Gasteiger partial charge in [0, 0.05) is 29.2 Å². The third-order valence-electron chi connectivity index (χ3n) is 3.51. The molecule has 0 unspecified atom stereocenters. The van der Waals surface area contributed by atoms with Gasteiger partial charge in [-0.3, -0.25) is 9.59 Å². The molecule has 0 radical (unpaired) electrons. The number of benzene rings is 1. The van der Waals surface area contributed by atoms with E-state index in [1.807, 2.05) is 23.6 Å². The van der Waals surface area contributed by atoms with Gasteiger partial charge in [-0.1, -0.05) is 0 Å². The van der Waals surface area contributed by atoms with Crippen molar-refractivity contribution in [1.82, 2.24) is 0 Å². The minimum absolute atomic E-state index is 0.0224. The number of carbonyl (C=O) groups is 2. The second-order valence-corrected chi connectivity index (χ2v) is 6.49. The summed E-state index contributed by atoms with van der Waals surface area (Å²) in [6, 6.07) is 7.44. The molecule has 1 aliphatic heterocycles. The Kier molecular flexibility index (Phi) is 3.48. The van der Waals surface area contributed by atoms with Gasteiger partial charge in [0.2, 0.25) is 11.7 Å². The van der Waals surface area contributed by atoms with Crippen molar-refractivity contribution in [1.29, 1.82) is 0 Å². The maximum absolute atomic E-state index is 12.5. The highest BCUT2D eigenvalue weighted by atomic mass is 79.9. The lowest BCUT2D eigenvalue weighted by molar-refractivity contribution is -0.118. The average molecular weight is 350 g/mol. The Labute approximate surface area is 129 Å². The summed E-state index contributed by atoms with van der Waals surface area (Å²) in [5.41, 5.74) is 2.64. The van der Waals surface area contributed by atoms with Gasteiger partial charge in [-0.05, 0) is 57.6 Å². The Balaban J connectivity index is 1.99. The van der Waals surface area contributed by atoms with Gasteiger partial charge in [0.05, 0.1) is 4.88 Å². The molecule has 3 rings (SSSR count). The highest BCUT2D eigenvalue weighted by Gasteiger charge is 2.22.